The van der Waals surface area contributed by atoms with Gasteiger partial charge in [0.25, 0.3) is 5.91 Å². The van der Waals surface area contributed by atoms with Crippen molar-refractivity contribution in [3.63, 3.8) is 0 Å². The maximum Gasteiger partial charge on any atom is 0.272 e. The van der Waals surface area contributed by atoms with Crippen LogP contribution in [0.2, 0.25) is 0 Å². The minimum Gasteiger partial charge on any atom is -0.369 e. The number of rotatable bonds is 8. The average molecular weight is 341 g/mol. The van der Waals surface area contributed by atoms with Gasteiger partial charge in [-0.3, -0.25) is 4.79 Å². The third kappa shape index (κ3) is 5.26. The van der Waals surface area contributed by atoms with Crippen molar-refractivity contribution in [2.75, 3.05) is 45.6 Å². The molecule has 2 rings (SSSR count). The van der Waals surface area contributed by atoms with Gasteiger partial charge >= 0.3 is 0 Å². The molecular formula is C19H27N5O. The molecule has 1 N–H and O–H groups in total. The number of nitrogens with zero attached hydrogens (tertiary/aromatic N) is 4. The molecule has 1 amide bonds. The number of nitrogens with one attached hydrogen (secondary N) is 1. The van der Waals surface area contributed by atoms with Crippen molar-refractivity contribution < 1.29 is 4.79 Å². The Labute approximate surface area is 149 Å². The van der Waals surface area contributed by atoms with Crippen LogP contribution in [-0.2, 0) is 0 Å². The normalized spacial score (nSPS) is 10.8. The average Bonchev–Trinajstić information content (AvgIpc) is 2.63. The van der Waals surface area contributed by atoms with Crippen LogP contribution in [0.4, 0.5) is 5.82 Å². The Morgan fingerprint density at radius 3 is 2.36 bits per heavy atom. The minimum atomic E-state index is -0.0692. The second-order valence-electron chi connectivity index (χ2n) is 6.04. The third-order valence-electron chi connectivity index (χ3n) is 3.89. The number of carbonyl (C=O) groups is 1. The Hall–Kier alpha value is -2.47. The van der Waals surface area contributed by atoms with E-state index in [4.69, 9.17) is 0 Å². The lowest BCUT2D eigenvalue weighted by Crippen LogP contribution is -2.31. The van der Waals surface area contributed by atoms with Gasteiger partial charge < -0.3 is 15.1 Å². The predicted molar refractivity (Wildman–Crippen MR) is 102 cm³/mol. The fraction of sp³-hybridized carbons (Fsp3) is 0.421. The van der Waals surface area contributed by atoms with Crippen LogP contribution in [0, 0.1) is 0 Å². The molecule has 0 atom stereocenters. The molecule has 1 heterocycles. The molecule has 1 aromatic heterocycles. The molecule has 134 valence electrons. The van der Waals surface area contributed by atoms with Crippen LogP contribution >= 0.6 is 0 Å². The summed E-state index contributed by atoms with van der Waals surface area (Å²) in [5.41, 5.74) is 1.32. The van der Waals surface area contributed by atoms with Gasteiger partial charge in [-0.1, -0.05) is 30.3 Å². The van der Waals surface area contributed by atoms with Crippen molar-refractivity contribution in [2.45, 2.75) is 13.8 Å². The van der Waals surface area contributed by atoms with Crippen molar-refractivity contribution in [1.82, 2.24) is 19.8 Å². The first-order valence-corrected chi connectivity index (χ1v) is 8.67. The van der Waals surface area contributed by atoms with Gasteiger partial charge in [0.1, 0.15) is 11.5 Å². The standard InChI is InChI=1S/C19H27N5O/c1-5-24(6-2)19(25)16-14-17(20-12-13-23(3)4)22-18(21-16)15-10-8-7-9-11-15/h7-11,14H,5-6,12-13H2,1-4H3,(H,20,21,22). The maximum atomic E-state index is 12.7. The van der Waals surface area contributed by atoms with Crippen molar-refractivity contribution in [2.24, 2.45) is 0 Å². The lowest BCUT2D eigenvalue weighted by atomic mass is 10.2. The molecule has 0 saturated carbocycles. The Kier molecular flexibility index (Phi) is 6.89. The van der Waals surface area contributed by atoms with Gasteiger partial charge in [-0.05, 0) is 27.9 Å². The van der Waals surface area contributed by atoms with Gasteiger partial charge in [-0.25, -0.2) is 9.97 Å². The molecule has 0 spiro atoms. The summed E-state index contributed by atoms with van der Waals surface area (Å²) in [4.78, 5) is 25.7. The molecular weight excluding hydrogens is 314 g/mol. The van der Waals surface area contributed by atoms with E-state index < -0.39 is 0 Å². The van der Waals surface area contributed by atoms with E-state index in [0.29, 0.717) is 30.4 Å². The van der Waals surface area contributed by atoms with E-state index in [-0.39, 0.29) is 5.91 Å². The van der Waals surface area contributed by atoms with Crippen molar-refractivity contribution in [3.8, 4) is 11.4 Å². The number of hydrogen-bond acceptors (Lipinski definition) is 5. The van der Waals surface area contributed by atoms with E-state index in [9.17, 15) is 4.79 Å². The van der Waals surface area contributed by atoms with Crippen LogP contribution in [0.15, 0.2) is 36.4 Å². The first-order chi connectivity index (χ1) is 12.0. The molecule has 1 aromatic carbocycles. The number of amides is 1. The van der Waals surface area contributed by atoms with Crippen LogP contribution in [0.25, 0.3) is 11.4 Å². The van der Waals surface area contributed by atoms with E-state index in [1.807, 2.05) is 58.3 Å². The third-order valence-corrected chi connectivity index (χ3v) is 3.89. The highest BCUT2D eigenvalue weighted by Crippen LogP contribution is 2.18. The van der Waals surface area contributed by atoms with Crippen LogP contribution < -0.4 is 5.32 Å². The summed E-state index contributed by atoms with van der Waals surface area (Å²) in [5.74, 6) is 1.16. The number of likely N-dealkylation sites (N-methyl/N-ethyl adjacent to an activating group) is 1. The predicted octanol–water partition coefficient (Wildman–Crippen LogP) is 2.60. The molecule has 0 aliphatic rings. The second kappa shape index (κ2) is 9.13. The van der Waals surface area contributed by atoms with Crippen LogP contribution in [0.1, 0.15) is 24.3 Å². The summed E-state index contributed by atoms with van der Waals surface area (Å²) in [6.07, 6.45) is 0. The SMILES string of the molecule is CCN(CC)C(=O)c1cc(NCCN(C)C)nc(-c2ccccc2)n1. The van der Waals surface area contributed by atoms with Crippen LogP contribution in [-0.4, -0.2) is 65.9 Å². The number of carbonyl (C=O) groups excluding carboxylic acids is 1. The molecule has 0 fully saturated rings. The van der Waals surface area contributed by atoms with Crippen molar-refractivity contribution in [1.29, 1.82) is 0 Å². The monoisotopic (exact) mass is 341 g/mol. The topological polar surface area (TPSA) is 61.4 Å². The van der Waals surface area contributed by atoms with Gasteiger partial charge in [0.05, 0.1) is 0 Å². The van der Waals surface area contributed by atoms with Gasteiger partial charge in [-0.15, -0.1) is 0 Å². The van der Waals surface area contributed by atoms with Gasteiger partial charge in [0.15, 0.2) is 5.82 Å². The molecule has 6 heteroatoms. The molecule has 0 saturated heterocycles. The van der Waals surface area contributed by atoms with E-state index in [2.05, 4.69) is 20.2 Å². The highest BCUT2D eigenvalue weighted by Gasteiger charge is 2.17. The summed E-state index contributed by atoms with van der Waals surface area (Å²) in [6, 6.07) is 11.5. The Bertz CT molecular complexity index is 683. The summed E-state index contributed by atoms with van der Waals surface area (Å²) in [5, 5.41) is 3.29. The maximum absolute atomic E-state index is 12.7. The highest BCUT2D eigenvalue weighted by molar-refractivity contribution is 5.93. The molecule has 6 nitrogen and oxygen atoms in total. The zero-order valence-electron chi connectivity index (χ0n) is 15.5. The minimum absolute atomic E-state index is 0.0692. The summed E-state index contributed by atoms with van der Waals surface area (Å²) < 4.78 is 0. The fourth-order valence-electron chi connectivity index (χ4n) is 2.44. The fourth-order valence-corrected chi connectivity index (χ4v) is 2.44. The Morgan fingerprint density at radius 2 is 1.76 bits per heavy atom. The summed E-state index contributed by atoms with van der Waals surface area (Å²) in [7, 11) is 4.04. The lowest BCUT2D eigenvalue weighted by Gasteiger charge is -2.19. The number of aromatic nitrogens is 2. The van der Waals surface area contributed by atoms with E-state index in [1.54, 1.807) is 11.0 Å². The zero-order chi connectivity index (χ0) is 18.2. The first-order valence-electron chi connectivity index (χ1n) is 8.67. The van der Waals surface area contributed by atoms with E-state index >= 15 is 0 Å². The number of anilines is 1. The van der Waals surface area contributed by atoms with Crippen molar-refractivity contribution in [3.05, 3.63) is 42.1 Å². The largest absolute Gasteiger partial charge is 0.369 e. The highest BCUT2D eigenvalue weighted by atomic mass is 16.2. The molecule has 0 aliphatic heterocycles. The van der Waals surface area contributed by atoms with Gasteiger partial charge in [0.2, 0.25) is 0 Å². The van der Waals surface area contributed by atoms with Gasteiger partial charge in [-0.2, -0.15) is 0 Å². The van der Waals surface area contributed by atoms with Gasteiger partial charge in [0, 0.05) is 37.8 Å². The quantitative estimate of drug-likeness (QED) is 0.800. The second-order valence-corrected chi connectivity index (χ2v) is 6.04. The smallest absolute Gasteiger partial charge is 0.272 e. The van der Waals surface area contributed by atoms with Crippen LogP contribution in [0.3, 0.4) is 0 Å². The molecule has 0 aliphatic carbocycles. The summed E-state index contributed by atoms with van der Waals surface area (Å²) >= 11 is 0. The first kappa shape index (κ1) is 18.9. The van der Waals surface area contributed by atoms with E-state index in [0.717, 1.165) is 18.7 Å². The molecule has 0 unspecified atom stereocenters. The Balaban J connectivity index is 2.35. The Morgan fingerprint density at radius 1 is 1.08 bits per heavy atom. The molecule has 0 bridgehead atoms. The van der Waals surface area contributed by atoms with E-state index in [1.165, 1.54) is 0 Å². The zero-order valence-corrected chi connectivity index (χ0v) is 15.5. The molecule has 0 radical (unpaired) electrons. The lowest BCUT2D eigenvalue weighted by molar-refractivity contribution is 0.0767. The van der Waals surface area contributed by atoms with Crippen LogP contribution in [0.5, 0.6) is 0 Å². The molecule has 2 aromatic rings. The van der Waals surface area contributed by atoms with Crippen molar-refractivity contribution >= 4 is 11.7 Å². The summed E-state index contributed by atoms with van der Waals surface area (Å²) in [6.45, 7) is 6.88. The number of benzene rings is 1. The molecule has 25 heavy (non-hydrogen) atoms. The number of hydrogen-bond donors (Lipinski definition) is 1.